The first-order valence-electron chi connectivity index (χ1n) is 9.00. The summed E-state index contributed by atoms with van der Waals surface area (Å²) in [5.74, 6) is 0.369. The first kappa shape index (κ1) is 23.5. The first-order valence-corrected chi connectivity index (χ1v) is 11.2. The predicted octanol–water partition coefficient (Wildman–Crippen LogP) is 3.05. The zero-order valence-corrected chi connectivity index (χ0v) is 18.7. The summed E-state index contributed by atoms with van der Waals surface area (Å²) >= 11 is 5.98. The van der Waals surface area contributed by atoms with Crippen molar-refractivity contribution in [1.82, 2.24) is 5.43 Å². The number of benzene rings is 2. The second kappa shape index (κ2) is 10.3. The van der Waals surface area contributed by atoms with Crippen molar-refractivity contribution in [1.29, 1.82) is 0 Å². The molecule has 2 rings (SSSR count). The van der Waals surface area contributed by atoms with Gasteiger partial charge in [-0.25, -0.2) is 13.8 Å². The maximum Gasteiger partial charge on any atom is 0.260 e. The molecule has 0 radical (unpaired) electrons. The van der Waals surface area contributed by atoms with Gasteiger partial charge in [-0.1, -0.05) is 11.6 Å². The summed E-state index contributed by atoms with van der Waals surface area (Å²) in [7, 11) is -2.39. The number of rotatable bonds is 9. The maximum atomic E-state index is 12.3. The van der Waals surface area contributed by atoms with E-state index in [2.05, 4.69) is 10.5 Å². The molecule has 0 atom stereocenters. The molecule has 0 aliphatic carbocycles. The number of amides is 1. The number of nitrogens with one attached hydrogen (secondary N) is 1. The van der Waals surface area contributed by atoms with Gasteiger partial charge in [0.25, 0.3) is 5.91 Å². The van der Waals surface area contributed by atoms with E-state index in [0.717, 1.165) is 21.9 Å². The number of nitrogens with zero attached hydrogens (tertiary/aromatic N) is 2. The lowest BCUT2D eigenvalue weighted by atomic mass is 10.2. The van der Waals surface area contributed by atoms with E-state index in [0.29, 0.717) is 5.02 Å². The number of hydrogen-bond acceptors (Lipinski definition) is 6. The number of carbonyl (C=O) groups excluding carboxylic acids is 1. The fourth-order valence-electron chi connectivity index (χ4n) is 2.49. The van der Waals surface area contributed by atoms with Crippen LogP contribution in [0.1, 0.15) is 19.4 Å². The molecule has 1 amide bonds. The van der Waals surface area contributed by atoms with Crippen LogP contribution in [-0.4, -0.2) is 46.6 Å². The van der Waals surface area contributed by atoms with Crippen molar-refractivity contribution >= 4 is 39.4 Å². The Labute approximate surface area is 181 Å². The van der Waals surface area contributed by atoms with Gasteiger partial charge in [0.2, 0.25) is 10.0 Å². The zero-order chi connectivity index (χ0) is 22.3. The van der Waals surface area contributed by atoms with Gasteiger partial charge in [-0.05, 0) is 61.9 Å². The molecule has 0 aliphatic heterocycles. The van der Waals surface area contributed by atoms with Crippen molar-refractivity contribution < 1.29 is 22.7 Å². The molecule has 0 heterocycles. The first-order chi connectivity index (χ1) is 14.1. The molecule has 2 aromatic carbocycles. The van der Waals surface area contributed by atoms with Crippen LogP contribution >= 0.6 is 11.6 Å². The average Bonchev–Trinajstić information content (AvgIpc) is 2.66. The summed E-state index contributed by atoms with van der Waals surface area (Å²) in [5, 5.41) is 4.19. The molecule has 2 aromatic rings. The van der Waals surface area contributed by atoms with E-state index < -0.39 is 22.5 Å². The van der Waals surface area contributed by atoms with Crippen LogP contribution in [0.15, 0.2) is 47.6 Å². The SMILES string of the molecule is COc1ccc(Cl)cc1N(CC(=O)N/N=C\c1ccc(OC(C)C)cc1)S(C)(=O)=O. The van der Waals surface area contributed by atoms with E-state index in [1.54, 1.807) is 30.3 Å². The Kier molecular flexibility index (Phi) is 8.08. The third-order valence-corrected chi connectivity index (χ3v) is 5.11. The van der Waals surface area contributed by atoms with Gasteiger partial charge < -0.3 is 9.47 Å². The smallest absolute Gasteiger partial charge is 0.260 e. The Balaban J connectivity index is 2.09. The van der Waals surface area contributed by atoms with Crippen LogP contribution in [0, 0.1) is 0 Å². The molecule has 10 heteroatoms. The fourth-order valence-corrected chi connectivity index (χ4v) is 3.51. The van der Waals surface area contributed by atoms with Gasteiger partial charge >= 0.3 is 0 Å². The summed E-state index contributed by atoms with van der Waals surface area (Å²) in [6.45, 7) is 3.38. The molecular weight excluding hydrogens is 430 g/mol. The predicted molar refractivity (Wildman–Crippen MR) is 118 cm³/mol. The molecule has 0 aliphatic rings. The highest BCUT2D eigenvalue weighted by Crippen LogP contribution is 2.32. The van der Waals surface area contributed by atoms with Crippen LogP contribution in [-0.2, 0) is 14.8 Å². The molecule has 30 heavy (non-hydrogen) atoms. The number of ether oxygens (including phenoxy) is 2. The van der Waals surface area contributed by atoms with Crippen molar-refractivity contribution in [2.45, 2.75) is 20.0 Å². The topological polar surface area (TPSA) is 97.3 Å². The van der Waals surface area contributed by atoms with Gasteiger partial charge in [0.1, 0.15) is 18.0 Å². The molecule has 1 N–H and O–H groups in total. The Hall–Kier alpha value is -2.78. The lowest BCUT2D eigenvalue weighted by Gasteiger charge is -2.23. The Morgan fingerprint density at radius 3 is 2.47 bits per heavy atom. The summed E-state index contributed by atoms with van der Waals surface area (Å²) in [6, 6.07) is 11.7. The monoisotopic (exact) mass is 453 g/mol. The van der Waals surface area contributed by atoms with Gasteiger partial charge in [0, 0.05) is 5.02 Å². The number of anilines is 1. The number of sulfonamides is 1. The zero-order valence-electron chi connectivity index (χ0n) is 17.1. The van der Waals surface area contributed by atoms with Crippen LogP contribution in [0.4, 0.5) is 5.69 Å². The lowest BCUT2D eigenvalue weighted by Crippen LogP contribution is -2.39. The lowest BCUT2D eigenvalue weighted by molar-refractivity contribution is -0.119. The van der Waals surface area contributed by atoms with Crippen LogP contribution in [0.2, 0.25) is 5.02 Å². The van der Waals surface area contributed by atoms with Crippen LogP contribution < -0.4 is 19.2 Å². The van der Waals surface area contributed by atoms with Crippen molar-refractivity contribution in [2.24, 2.45) is 5.10 Å². The minimum Gasteiger partial charge on any atom is -0.495 e. The highest BCUT2D eigenvalue weighted by atomic mass is 35.5. The van der Waals surface area contributed by atoms with Crippen molar-refractivity contribution in [3.05, 3.63) is 53.1 Å². The van der Waals surface area contributed by atoms with Gasteiger partial charge in [-0.15, -0.1) is 0 Å². The second-order valence-corrected chi connectivity index (χ2v) is 8.96. The van der Waals surface area contributed by atoms with Crippen LogP contribution in [0.5, 0.6) is 11.5 Å². The average molecular weight is 454 g/mol. The number of carbonyl (C=O) groups is 1. The van der Waals surface area contributed by atoms with Crippen molar-refractivity contribution in [2.75, 3.05) is 24.2 Å². The number of hydrazone groups is 1. The minimum atomic E-state index is -3.79. The van der Waals surface area contributed by atoms with Gasteiger partial charge in [-0.2, -0.15) is 5.10 Å². The summed E-state index contributed by atoms with van der Waals surface area (Å²) in [6.07, 6.45) is 2.51. The second-order valence-electron chi connectivity index (χ2n) is 6.61. The Morgan fingerprint density at radius 1 is 1.23 bits per heavy atom. The third-order valence-electron chi connectivity index (χ3n) is 3.75. The molecule has 0 unspecified atom stereocenters. The van der Waals surface area contributed by atoms with E-state index in [1.165, 1.54) is 25.5 Å². The minimum absolute atomic E-state index is 0.0692. The van der Waals surface area contributed by atoms with E-state index in [1.807, 2.05) is 13.8 Å². The van der Waals surface area contributed by atoms with E-state index in [-0.39, 0.29) is 17.5 Å². The normalized spacial score (nSPS) is 11.5. The molecule has 0 fully saturated rings. The Morgan fingerprint density at radius 2 is 1.90 bits per heavy atom. The third kappa shape index (κ3) is 6.93. The summed E-state index contributed by atoms with van der Waals surface area (Å²) < 4.78 is 36.2. The highest BCUT2D eigenvalue weighted by molar-refractivity contribution is 7.92. The molecule has 162 valence electrons. The van der Waals surface area contributed by atoms with E-state index in [9.17, 15) is 13.2 Å². The summed E-state index contributed by atoms with van der Waals surface area (Å²) in [4.78, 5) is 12.3. The standard InChI is InChI=1S/C20H24ClN3O5S/c1-14(2)29-17-8-5-15(6-9-17)12-22-23-20(25)13-24(30(4,26)27)18-11-16(21)7-10-19(18)28-3/h5-12,14H,13H2,1-4H3,(H,23,25)/b22-12-. The number of methoxy groups -OCH3 is 1. The molecule has 8 nitrogen and oxygen atoms in total. The quantitative estimate of drug-likeness (QED) is 0.465. The molecule has 0 bridgehead atoms. The van der Waals surface area contributed by atoms with Crippen molar-refractivity contribution in [3.63, 3.8) is 0 Å². The molecular formula is C20H24ClN3O5S. The molecule has 0 aromatic heterocycles. The maximum absolute atomic E-state index is 12.3. The van der Waals surface area contributed by atoms with Gasteiger partial charge in [-0.3, -0.25) is 9.10 Å². The van der Waals surface area contributed by atoms with Gasteiger partial charge in [0.05, 0.1) is 31.4 Å². The highest BCUT2D eigenvalue weighted by Gasteiger charge is 2.24. The molecule has 0 saturated carbocycles. The largest absolute Gasteiger partial charge is 0.495 e. The fraction of sp³-hybridized carbons (Fsp3) is 0.300. The van der Waals surface area contributed by atoms with Crippen LogP contribution in [0.3, 0.4) is 0 Å². The van der Waals surface area contributed by atoms with Crippen LogP contribution in [0.25, 0.3) is 0 Å². The van der Waals surface area contributed by atoms with Gasteiger partial charge in [0.15, 0.2) is 0 Å². The molecule has 0 spiro atoms. The van der Waals surface area contributed by atoms with E-state index in [4.69, 9.17) is 21.1 Å². The molecule has 0 saturated heterocycles. The summed E-state index contributed by atoms with van der Waals surface area (Å²) in [5.41, 5.74) is 3.22. The number of halogens is 1. The van der Waals surface area contributed by atoms with Crippen molar-refractivity contribution in [3.8, 4) is 11.5 Å². The van der Waals surface area contributed by atoms with E-state index >= 15 is 0 Å². The number of hydrogen-bond donors (Lipinski definition) is 1. The Bertz CT molecular complexity index is 1010.